The standard InChI is InChI=1S/C7H11BrO2S/c1-3-5(8)4(2)6(11)7(9)10/h3,7,9-11H,1-2H3/b5-3-,6-4-. The second-order valence-corrected chi connectivity index (χ2v) is 3.36. The fourth-order valence-corrected chi connectivity index (χ4v) is 1.02. The van der Waals surface area contributed by atoms with Crippen molar-refractivity contribution in [1.29, 1.82) is 0 Å². The Morgan fingerprint density at radius 2 is 2.00 bits per heavy atom. The van der Waals surface area contributed by atoms with Crippen LogP contribution in [0.3, 0.4) is 0 Å². The summed E-state index contributed by atoms with van der Waals surface area (Å²) in [6, 6.07) is 0. The molecule has 0 spiro atoms. The maximum absolute atomic E-state index is 8.71. The molecule has 0 radical (unpaired) electrons. The molecule has 0 aliphatic rings. The monoisotopic (exact) mass is 238 g/mol. The lowest BCUT2D eigenvalue weighted by Gasteiger charge is -2.07. The highest BCUT2D eigenvalue weighted by Gasteiger charge is 2.07. The summed E-state index contributed by atoms with van der Waals surface area (Å²) in [7, 11) is 0. The van der Waals surface area contributed by atoms with Crippen molar-refractivity contribution >= 4 is 28.6 Å². The first-order valence-electron chi connectivity index (χ1n) is 3.08. The molecular weight excluding hydrogens is 228 g/mol. The van der Waals surface area contributed by atoms with Gasteiger partial charge in [-0.25, -0.2) is 0 Å². The van der Waals surface area contributed by atoms with Gasteiger partial charge in [-0.15, -0.1) is 12.6 Å². The zero-order chi connectivity index (χ0) is 9.02. The van der Waals surface area contributed by atoms with Crippen LogP contribution in [0, 0.1) is 0 Å². The van der Waals surface area contributed by atoms with E-state index in [9.17, 15) is 0 Å². The van der Waals surface area contributed by atoms with Crippen molar-refractivity contribution in [2.24, 2.45) is 0 Å². The maximum Gasteiger partial charge on any atom is 0.184 e. The third kappa shape index (κ3) is 3.42. The Morgan fingerprint density at radius 3 is 2.27 bits per heavy atom. The van der Waals surface area contributed by atoms with Crippen molar-refractivity contribution < 1.29 is 10.2 Å². The highest BCUT2D eigenvalue weighted by molar-refractivity contribution is 9.12. The SMILES string of the molecule is C/C=C(Br)/C(C)=C(\S)C(O)O. The summed E-state index contributed by atoms with van der Waals surface area (Å²) in [5, 5.41) is 17.4. The first-order chi connectivity index (χ1) is 5.00. The van der Waals surface area contributed by atoms with Gasteiger partial charge in [0.2, 0.25) is 0 Å². The van der Waals surface area contributed by atoms with Crippen molar-refractivity contribution in [1.82, 2.24) is 0 Å². The van der Waals surface area contributed by atoms with Crippen LogP contribution in [0.15, 0.2) is 21.0 Å². The molecule has 4 heteroatoms. The molecule has 0 bridgehead atoms. The Bertz CT molecular complexity index is 197. The van der Waals surface area contributed by atoms with Gasteiger partial charge in [-0.2, -0.15) is 0 Å². The van der Waals surface area contributed by atoms with Gasteiger partial charge in [0.15, 0.2) is 6.29 Å². The number of aliphatic hydroxyl groups is 2. The minimum absolute atomic E-state index is 0.259. The lowest BCUT2D eigenvalue weighted by Crippen LogP contribution is -2.05. The molecule has 0 amide bonds. The Kier molecular flexibility index (Phi) is 5.08. The van der Waals surface area contributed by atoms with Gasteiger partial charge in [-0.1, -0.05) is 22.0 Å². The quantitative estimate of drug-likeness (QED) is 0.390. The molecule has 0 aromatic rings. The summed E-state index contributed by atoms with van der Waals surface area (Å²) >= 11 is 7.17. The number of allylic oxidation sites excluding steroid dienone is 3. The number of hydrogen-bond acceptors (Lipinski definition) is 3. The van der Waals surface area contributed by atoms with Crippen molar-refractivity contribution in [3.8, 4) is 0 Å². The number of thiol groups is 1. The lowest BCUT2D eigenvalue weighted by molar-refractivity contribution is -0.00116. The van der Waals surface area contributed by atoms with E-state index < -0.39 is 6.29 Å². The van der Waals surface area contributed by atoms with Crippen LogP contribution in [-0.2, 0) is 0 Å². The molecule has 0 aliphatic carbocycles. The van der Waals surface area contributed by atoms with E-state index in [2.05, 4.69) is 28.6 Å². The summed E-state index contributed by atoms with van der Waals surface area (Å²) in [5.74, 6) is 0. The van der Waals surface area contributed by atoms with Gasteiger partial charge in [0.1, 0.15) is 0 Å². The first kappa shape index (κ1) is 11.2. The normalized spacial score (nSPS) is 15.4. The topological polar surface area (TPSA) is 40.5 Å². The molecule has 0 saturated carbocycles. The van der Waals surface area contributed by atoms with Gasteiger partial charge in [0.05, 0.1) is 0 Å². The van der Waals surface area contributed by atoms with Crippen LogP contribution in [-0.4, -0.2) is 16.5 Å². The number of rotatable bonds is 2. The van der Waals surface area contributed by atoms with Crippen molar-refractivity contribution in [3.05, 3.63) is 21.0 Å². The largest absolute Gasteiger partial charge is 0.364 e. The van der Waals surface area contributed by atoms with E-state index >= 15 is 0 Å². The van der Waals surface area contributed by atoms with Crippen LogP contribution in [0.5, 0.6) is 0 Å². The average Bonchev–Trinajstić information content (AvgIpc) is 2.00. The predicted molar refractivity (Wildman–Crippen MR) is 52.6 cm³/mol. The number of halogens is 1. The third-order valence-corrected chi connectivity index (χ3v) is 2.86. The molecule has 64 valence electrons. The van der Waals surface area contributed by atoms with E-state index in [1.807, 2.05) is 13.0 Å². The molecule has 0 unspecified atom stereocenters. The molecular formula is C7H11BrO2S. The Labute approximate surface area is 80.2 Å². The number of aliphatic hydroxyl groups excluding tert-OH is 1. The van der Waals surface area contributed by atoms with Crippen LogP contribution in [0.25, 0.3) is 0 Å². The van der Waals surface area contributed by atoms with E-state index in [1.54, 1.807) is 6.92 Å². The molecule has 2 N–H and O–H groups in total. The summed E-state index contributed by atoms with van der Waals surface area (Å²) < 4.78 is 0.815. The molecule has 11 heavy (non-hydrogen) atoms. The Hall–Kier alpha value is 0.230. The average molecular weight is 239 g/mol. The van der Waals surface area contributed by atoms with Crippen molar-refractivity contribution in [3.63, 3.8) is 0 Å². The van der Waals surface area contributed by atoms with E-state index in [0.29, 0.717) is 0 Å². The molecule has 2 nitrogen and oxygen atoms in total. The van der Waals surface area contributed by atoms with Gasteiger partial charge < -0.3 is 10.2 Å². The van der Waals surface area contributed by atoms with Gasteiger partial charge in [-0.3, -0.25) is 0 Å². The predicted octanol–water partition coefficient (Wildman–Crippen LogP) is 1.80. The van der Waals surface area contributed by atoms with Gasteiger partial charge >= 0.3 is 0 Å². The van der Waals surface area contributed by atoms with Gasteiger partial charge in [-0.05, 0) is 19.4 Å². The van der Waals surface area contributed by atoms with Crippen LogP contribution >= 0.6 is 28.6 Å². The fourth-order valence-electron chi connectivity index (χ4n) is 0.533. The summed E-state index contributed by atoms with van der Waals surface area (Å²) in [4.78, 5) is 0.259. The number of hydrogen-bond donors (Lipinski definition) is 3. The summed E-state index contributed by atoms with van der Waals surface area (Å²) in [6.07, 6.45) is 0.319. The fraction of sp³-hybridized carbons (Fsp3) is 0.429. The molecule has 0 fully saturated rings. The van der Waals surface area contributed by atoms with Crippen LogP contribution in [0.1, 0.15) is 13.8 Å². The van der Waals surface area contributed by atoms with E-state index in [-0.39, 0.29) is 4.91 Å². The van der Waals surface area contributed by atoms with Gasteiger partial charge in [0.25, 0.3) is 0 Å². The second kappa shape index (κ2) is 4.98. The van der Waals surface area contributed by atoms with E-state index in [1.165, 1.54) is 0 Å². The van der Waals surface area contributed by atoms with Crippen LogP contribution in [0.4, 0.5) is 0 Å². The molecule has 0 saturated heterocycles. The first-order valence-corrected chi connectivity index (χ1v) is 4.32. The molecule has 0 heterocycles. The molecule has 0 rings (SSSR count). The molecule has 0 atom stereocenters. The highest BCUT2D eigenvalue weighted by atomic mass is 79.9. The minimum Gasteiger partial charge on any atom is -0.364 e. The highest BCUT2D eigenvalue weighted by Crippen LogP contribution is 2.23. The maximum atomic E-state index is 8.71. The lowest BCUT2D eigenvalue weighted by atomic mass is 10.2. The van der Waals surface area contributed by atoms with Crippen molar-refractivity contribution in [2.75, 3.05) is 0 Å². The van der Waals surface area contributed by atoms with E-state index in [0.717, 1.165) is 10.1 Å². The van der Waals surface area contributed by atoms with Crippen LogP contribution < -0.4 is 0 Å². The van der Waals surface area contributed by atoms with E-state index in [4.69, 9.17) is 10.2 Å². The minimum atomic E-state index is -1.49. The molecule has 0 aromatic carbocycles. The third-order valence-electron chi connectivity index (χ3n) is 1.24. The summed E-state index contributed by atoms with van der Waals surface area (Å²) in [6.45, 7) is 3.60. The smallest absolute Gasteiger partial charge is 0.184 e. The Balaban J connectivity index is 4.67. The zero-order valence-electron chi connectivity index (χ0n) is 6.37. The Morgan fingerprint density at radius 1 is 1.55 bits per heavy atom. The molecule has 0 aliphatic heterocycles. The second-order valence-electron chi connectivity index (χ2n) is 2.02. The summed E-state index contributed by atoms with van der Waals surface area (Å²) in [5.41, 5.74) is 0.728. The van der Waals surface area contributed by atoms with Gasteiger partial charge in [0, 0.05) is 9.39 Å². The zero-order valence-corrected chi connectivity index (χ0v) is 8.85. The molecule has 0 aromatic heterocycles. The van der Waals surface area contributed by atoms with Crippen molar-refractivity contribution in [2.45, 2.75) is 20.1 Å². The van der Waals surface area contributed by atoms with Crippen LogP contribution in [0.2, 0.25) is 0 Å².